The molecule has 2 N–H and O–H groups in total. The topological polar surface area (TPSA) is 115 Å². The van der Waals surface area contributed by atoms with Crippen LogP contribution in [-0.4, -0.2) is 62.7 Å². The zero-order valence-corrected chi connectivity index (χ0v) is 22.6. The summed E-state index contributed by atoms with van der Waals surface area (Å²) in [5.74, 6) is -0.458. The summed E-state index contributed by atoms with van der Waals surface area (Å²) in [6, 6.07) is 11.9. The van der Waals surface area contributed by atoms with E-state index < -0.39 is 0 Å². The van der Waals surface area contributed by atoms with E-state index in [4.69, 9.17) is 15.2 Å². The third-order valence-corrected chi connectivity index (χ3v) is 5.61. The standard InChI is InChI=1S/C14H18N2O2.C11H13NO2.C3H7NO/c1-10(17)18-14-7-5-11-4-6-12(8-13(11)14)15-9-16(2)3;1-7(13)14-11-5-3-8-2-4-9(12)6-10(8)11;1-4(2)3-5/h4,6,8-9,14H,5,7H2,1-3H3;2,4,6,11H,3,5,12H2,1H3;3H,1-2H3. The number of nitrogens with zero attached hydrogens (tertiary/aromatic N) is 3. The highest BCUT2D eigenvalue weighted by Crippen LogP contribution is 2.36. The van der Waals surface area contributed by atoms with E-state index >= 15 is 0 Å². The van der Waals surface area contributed by atoms with Gasteiger partial charge in [0.1, 0.15) is 12.2 Å². The molecule has 2 unspecified atom stereocenters. The number of aryl methyl sites for hydroxylation is 2. The van der Waals surface area contributed by atoms with E-state index in [1.165, 1.54) is 29.9 Å². The molecule has 0 heterocycles. The number of carbonyl (C=O) groups is 3. The fourth-order valence-corrected chi connectivity index (χ4v) is 4.04. The van der Waals surface area contributed by atoms with Crippen LogP contribution in [0, 0.1) is 0 Å². The Kier molecular flexibility index (Phi) is 11.1. The number of anilines is 1. The maximum atomic E-state index is 11.1. The van der Waals surface area contributed by atoms with Crippen LogP contribution in [0.4, 0.5) is 11.4 Å². The first-order valence-corrected chi connectivity index (χ1v) is 12.2. The number of aliphatic imine (C=N–C) groups is 1. The predicted molar refractivity (Wildman–Crippen MR) is 145 cm³/mol. The Labute approximate surface area is 219 Å². The van der Waals surface area contributed by atoms with E-state index in [0.717, 1.165) is 54.6 Å². The average Bonchev–Trinajstić information content (AvgIpc) is 3.41. The zero-order valence-electron chi connectivity index (χ0n) is 22.6. The van der Waals surface area contributed by atoms with E-state index in [0.29, 0.717) is 0 Å². The van der Waals surface area contributed by atoms with Gasteiger partial charge in [-0.05, 0) is 72.2 Å². The van der Waals surface area contributed by atoms with Crippen molar-refractivity contribution in [1.29, 1.82) is 0 Å². The molecule has 0 saturated heterocycles. The smallest absolute Gasteiger partial charge is 0.303 e. The van der Waals surface area contributed by atoms with Crippen LogP contribution in [0.15, 0.2) is 41.4 Å². The molecule has 2 atom stereocenters. The monoisotopic (exact) mass is 510 g/mol. The molecule has 2 aliphatic carbocycles. The third-order valence-electron chi connectivity index (χ3n) is 5.61. The Morgan fingerprint density at radius 1 is 0.865 bits per heavy atom. The number of ether oxygens (including phenoxy) is 2. The molecule has 0 fully saturated rings. The molecular formula is C28H38N4O5. The lowest BCUT2D eigenvalue weighted by molar-refractivity contribution is -0.147. The van der Waals surface area contributed by atoms with Crippen LogP contribution in [0.5, 0.6) is 0 Å². The summed E-state index contributed by atoms with van der Waals surface area (Å²) >= 11 is 0. The minimum Gasteiger partial charge on any atom is -0.458 e. The highest BCUT2D eigenvalue weighted by atomic mass is 16.5. The third kappa shape index (κ3) is 9.59. The molecule has 0 aliphatic heterocycles. The Morgan fingerprint density at radius 3 is 1.81 bits per heavy atom. The number of fused-ring (bicyclic) bond motifs is 2. The first-order chi connectivity index (χ1) is 17.5. The number of esters is 2. The first-order valence-electron chi connectivity index (χ1n) is 12.2. The SMILES string of the molecule is CC(=O)OC1CCc2ccc(N)cc21.CC(=O)OC1CCc2ccc(N=CN(C)C)cc21.CN(C)C=O. The van der Waals surface area contributed by atoms with Crippen LogP contribution in [0.25, 0.3) is 0 Å². The number of rotatable bonds is 5. The molecule has 0 spiro atoms. The fourth-order valence-electron chi connectivity index (χ4n) is 4.04. The maximum Gasteiger partial charge on any atom is 0.303 e. The van der Waals surface area contributed by atoms with Gasteiger partial charge >= 0.3 is 11.9 Å². The van der Waals surface area contributed by atoms with Gasteiger partial charge in [-0.2, -0.15) is 0 Å². The number of carbonyl (C=O) groups excluding carboxylic acids is 3. The highest BCUT2D eigenvalue weighted by molar-refractivity contribution is 5.67. The Balaban J connectivity index is 0.000000225. The van der Waals surface area contributed by atoms with Crippen LogP contribution in [0.1, 0.15) is 61.2 Å². The molecule has 0 saturated carbocycles. The molecular weight excluding hydrogens is 472 g/mol. The van der Waals surface area contributed by atoms with Crippen molar-refractivity contribution in [3.05, 3.63) is 58.7 Å². The van der Waals surface area contributed by atoms with E-state index in [1.54, 1.807) is 20.4 Å². The van der Waals surface area contributed by atoms with Gasteiger partial charge < -0.3 is 25.0 Å². The summed E-state index contributed by atoms with van der Waals surface area (Å²) in [5.41, 5.74) is 12.0. The molecule has 0 radical (unpaired) electrons. The quantitative estimate of drug-likeness (QED) is 0.213. The minimum absolute atomic E-state index is 0.0917. The van der Waals surface area contributed by atoms with Crippen LogP contribution >= 0.6 is 0 Å². The molecule has 1 amide bonds. The molecule has 2 aromatic carbocycles. The minimum atomic E-state index is -0.231. The largest absolute Gasteiger partial charge is 0.458 e. The van der Waals surface area contributed by atoms with Gasteiger partial charge in [-0.25, -0.2) is 4.99 Å². The molecule has 0 aromatic heterocycles. The number of nitrogen functional groups attached to an aromatic ring is 1. The molecule has 9 heteroatoms. The fraction of sp³-hybridized carbons (Fsp3) is 0.429. The lowest BCUT2D eigenvalue weighted by Crippen LogP contribution is -2.07. The summed E-state index contributed by atoms with van der Waals surface area (Å²) < 4.78 is 10.5. The molecule has 2 aromatic rings. The summed E-state index contributed by atoms with van der Waals surface area (Å²) in [6.45, 7) is 2.89. The average molecular weight is 511 g/mol. The molecule has 37 heavy (non-hydrogen) atoms. The van der Waals surface area contributed by atoms with Gasteiger partial charge in [-0.1, -0.05) is 12.1 Å². The highest BCUT2D eigenvalue weighted by Gasteiger charge is 2.25. The second-order valence-electron chi connectivity index (χ2n) is 9.39. The van der Waals surface area contributed by atoms with E-state index in [2.05, 4.69) is 11.1 Å². The lowest BCUT2D eigenvalue weighted by atomic mass is 10.1. The van der Waals surface area contributed by atoms with E-state index in [1.807, 2.05) is 49.3 Å². The number of hydrogen-bond donors (Lipinski definition) is 1. The van der Waals surface area contributed by atoms with Crippen molar-refractivity contribution < 1.29 is 23.9 Å². The molecule has 9 nitrogen and oxygen atoms in total. The van der Waals surface area contributed by atoms with E-state index in [-0.39, 0.29) is 24.1 Å². The van der Waals surface area contributed by atoms with E-state index in [9.17, 15) is 14.4 Å². The molecule has 2 aliphatic rings. The van der Waals surface area contributed by atoms with Crippen molar-refractivity contribution in [2.24, 2.45) is 4.99 Å². The zero-order chi connectivity index (χ0) is 27.5. The van der Waals surface area contributed by atoms with Crippen molar-refractivity contribution in [2.45, 2.75) is 51.7 Å². The predicted octanol–water partition coefficient (Wildman–Crippen LogP) is 3.98. The van der Waals surface area contributed by atoms with Gasteiger partial charge in [0.15, 0.2) is 0 Å². The van der Waals surface area contributed by atoms with Gasteiger partial charge in [0.05, 0.1) is 12.0 Å². The summed E-state index contributed by atoms with van der Waals surface area (Å²) in [6.07, 6.45) is 5.99. The van der Waals surface area contributed by atoms with Crippen molar-refractivity contribution in [1.82, 2.24) is 9.80 Å². The molecule has 0 bridgehead atoms. The van der Waals surface area contributed by atoms with Crippen LogP contribution < -0.4 is 5.73 Å². The van der Waals surface area contributed by atoms with Crippen LogP contribution in [0.3, 0.4) is 0 Å². The van der Waals surface area contributed by atoms with Crippen LogP contribution in [0.2, 0.25) is 0 Å². The Bertz CT molecular complexity index is 1110. The second-order valence-corrected chi connectivity index (χ2v) is 9.39. The summed E-state index contributed by atoms with van der Waals surface area (Å²) in [7, 11) is 7.23. The van der Waals surface area contributed by atoms with Crippen molar-refractivity contribution in [2.75, 3.05) is 33.9 Å². The van der Waals surface area contributed by atoms with Gasteiger partial charge in [-0.3, -0.25) is 14.4 Å². The molecule has 200 valence electrons. The molecule has 4 rings (SSSR count). The maximum absolute atomic E-state index is 11.1. The van der Waals surface area contributed by atoms with Gasteiger partial charge in [-0.15, -0.1) is 0 Å². The number of hydrogen-bond acceptors (Lipinski definition) is 7. The van der Waals surface area contributed by atoms with Gasteiger partial charge in [0.25, 0.3) is 0 Å². The first kappa shape index (κ1) is 29.4. The number of amides is 1. The summed E-state index contributed by atoms with van der Waals surface area (Å²) in [5, 5.41) is 0. The summed E-state index contributed by atoms with van der Waals surface area (Å²) in [4.78, 5) is 39.0. The van der Waals surface area contributed by atoms with Crippen molar-refractivity contribution in [3.63, 3.8) is 0 Å². The normalized spacial score (nSPS) is 16.8. The second kappa shape index (κ2) is 14.0. The van der Waals surface area contributed by atoms with Crippen molar-refractivity contribution in [3.8, 4) is 0 Å². The Hall–Kier alpha value is -3.88. The Morgan fingerprint density at radius 2 is 1.35 bits per heavy atom. The van der Waals surface area contributed by atoms with Crippen molar-refractivity contribution >= 4 is 36.1 Å². The van der Waals surface area contributed by atoms with Gasteiger partial charge in [0, 0.05) is 47.7 Å². The number of benzene rings is 2. The van der Waals surface area contributed by atoms with Gasteiger partial charge in [0.2, 0.25) is 6.41 Å². The van der Waals surface area contributed by atoms with Crippen LogP contribution in [-0.2, 0) is 36.7 Å². The lowest BCUT2D eigenvalue weighted by Gasteiger charge is -2.12. The number of nitrogens with two attached hydrogens (primary N) is 1.